The molecule has 5 rings (SSSR count). The molecule has 5 heterocycles. The van der Waals surface area contributed by atoms with Crippen molar-refractivity contribution >= 4 is 34.5 Å². The molecule has 1 atom stereocenters. The van der Waals surface area contributed by atoms with Crippen LogP contribution in [0, 0.1) is 6.92 Å². The van der Waals surface area contributed by atoms with Crippen LogP contribution < -0.4 is 15.5 Å². The monoisotopic (exact) mass is 623 g/mol. The Labute approximate surface area is 250 Å². The Morgan fingerprint density at radius 1 is 1.14 bits per heavy atom. The van der Waals surface area contributed by atoms with Gasteiger partial charge in [-0.05, 0) is 38.5 Å². The Bertz CT molecular complexity index is 1450. The van der Waals surface area contributed by atoms with E-state index in [4.69, 9.17) is 4.74 Å². The normalized spacial score (nSPS) is 17.9. The molecule has 2 N–H and O–H groups in total. The van der Waals surface area contributed by atoms with Crippen molar-refractivity contribution in [3.63, 3.8) is 0 Å². The lowest BCUT2D eigenvalue weighted by Gasteiger charge is -2.33. The first-order valence-corrected chi connectivity index (χ1v) is 15.6. The maximum atomic E-state index is 14.4. The summed E-state index contributed by atoms with van der Waals surface area (Å²) in [5, 5.41) is 9.53. The molecule has 0 radical (unpaired) electrons. The van der Waals surface area contributed by atoms with E-state index in [0.717, 1.165) is 36.6 Å². The van der Waals surface area contributed by atoms with Gasteiger partial charge in [-0.1, -0.05) is 0 Å². The number of ether oxygens (including phenoxy) is 1. The third-order valence-corrected chi connectivity index (χ3v) is 8.56. The zero-order valence-electron chi connectivity index (χ0n) is 24.6. The van der Waals surface area contributed by atoms with Gasteiger partial charge in [-0.2, -0.15) is 13.2 Å². The van der Waals surface area contributed by atoms with Crippen LogP contribution in [0.5, 0.6) is 0 Å². The Hall–Kier alpha value is -3.18. The highest BCUT2D eigenvalue weighted by Gasteiger charge is 2.36. The van der Waals surface area contributed by atoms with Gasteiger partial charge in [0, 0.05) is 62.0 Å². The molecule has 16 heteroatoms. The number of hydrogen-bond donors (Lipinski definition) is 2. The molecule has 3 aromatic heterocycles. The highest BCUT2D eigenvalue weighted by Crippen LogP contribution is 2.38. The van der Waals surface area contributed by atoms with Gasteiger partial charge in [-0.15, -0.1) is 9.40 Å². The first kappa shape index (κ1) is 31.3. The zero-order chi connectivity index (χ0) is 30.9. The number of rotatable bonds is 7. The molecular formula is C27H36F3N9O3S. The molecule has 0 aliphatic carbocycles. The van der Waals surface area contributed by atoms with Crippen molar-refractivity contribution < 1.29 is 27.3 Å². The largest absolute Gasteiger partial charge is 0.598 e. The summed E-state index contributed by atoms with van der Waals surface area (Å²) < 4.78 is 64.1. The number of hydrogen-bond acceptors (Lipinski definition) is 9. The molecule has 2 fully saturated rings. The highest BCUT2D eigenvalue weighted by molar-refractivity contribution is 7.88. The minimum absolute atomic E-state index is 0.128. The van der Waals surface area contributed by atoms with E-state index in [1.54, 1.807) is 24.6 Å². The molecule has 43 heavy (non-hydrogen) atoms. The second-order valence-electron chi connectivity index (χ2n) is 10.9. The van der Waals surface area contributed by atoms with E-state index in [1.807, 2.05) is 22.2 Å². The van der Waals surface area contributed by atoms with Crippen LogP contribution in [-0.2, 0) is 28.8 Å². The molecule has 2 aliphatic heterocycles. The van der Waals surface area contributed by atoms with E-state index in [0.29, 0.717) is 57.3 Å². The van der Waals surface area contributed by atoms with Crippen molar-refractivity contribution in [1.82, 2.24) is 34.1 Å². The summed E-state index contributed by atoms with van der Waals surface area (Å²) in [6.45, 7) is 10.8. The molecule has 0 saturated carbocycles. The SMILES string of the molecule is Cc1c(CN2CCN([S+](C)[O-])CC2)cc2c(N3CCOCC3)nc(-c3cnc(NC(=O)NC(C)C)cc3C(F)(F)F)nn12. The van der Waals surface area contributed by atoms with Gasteiger partial charge in [0.2, 0.25) is 0 Å². The summed E-state index contributed by atoms with van der Waals surface area (Å²) in [5.41, 5.74) is 1.16. The lowest BCUT2D eigenvalue weighted by atomic mass is 10.1. The van der Waals surface area contributed by atoms with Gasteiger partial charge in [0.05, 0.1) is 37.4 Å². The fraction of sp³-hybridized carbons (Fsp3) is 0.556. The average Bonchev–Trinajstić information content (AvgIpc) is 3.27. The van der Waals surface area contributed by atoms with Gasteiger partial charge >= 0.3 is 12.2 Å². The van der Waals surface area contributed by atoms with Crippen LogP contribution in [0.3, 0.4) is 0 Å². The molecule has 2 aliphatic rings. The van der Waals surface area contributed by atoms with Crippen LogP contribution in [0.15, 0.2) is 18.3 Å². The third-order valence-electron chi connectivity index (χ3n) is 7.47. The van der Waals surface area contributed by atoms with Gasteiger partial charge in [0.25, 0.3) is 0 Å². The Kier molecular flexibility index (Phi) is 9.31. The third kappa shape index (κ3) is 7.15. The fourth-order valence-electron chi connectivity index (χ4n) is 5.23. The molecule has 3 aromatic rings. The van der Waals surface area contributed by atoms with Crippen molar-refractivity contribution in [2.24, 2.45) is 0 Å². The molecule has 12 nitrogen and oxygen atoms in total. The number of fused-ring (bicyclic) bond motifs is 1. The number of nitrogens with one attached hydrogen (secondary N) is 2. The van der Waals surface area contributed by atoms with Crippen molar-refractivity contribution in [3.05, 3.63) is 35.2 Å². The predicted molar refractivity (Wildman–Crippen MR) is 157 cm³/mol. The van der Waals surface area contributed by atoms with Crippen LogP contribution in [0.4, 0.5) is 29.6 Å². The smallest absolute Gasteiger partial charge is 0.417 e. The van der Waals surface area contributed by atoms with Gasteiger partial charge in [-0.25, -0.2) is 19.3 Å². The lowest BCUT2D eigenvalue weighted by Crippen LogP contribution is -2.47. The minimum atomic E-state index is -4.76. The standard InChI is InChI=1S/C27H36F3N9O3S/c1-17(2)32-26(40)33-23-14-21(27(28,29)30)20(15-31-23)24-34-25(37-9-11-42-12-10-37)22-13-19(18(3)39(22)35-24)16-36-5-7-38(8-6-36)43(4)41/h13-15,17H,5-12,16H2,1-4H3,(H2,31,32,33,40). The van der Waals surface area contributed by atoms with Crippen LogP contribution in [0.1, 0.15) is 30.7 Å². The number of pyridine rings is 1. The summed E-state index contributed by atoms with van der Waals surface area (Å²) in [4.78, 5) is 25.2. The van der Waals surface area contributed by atoms with Crippen LogP contribution >= 0.6 is 0 Å². The van der Waals surface area contributed by atoms with Crippen molar-refractivity contribution in [2.45, 2.75) is 39.5 Å². The number of nitrogens with zero attached hydrogens (tertiary/aromatic N) is 7. The molecule has 1 unspecified atom stereocenters. The van der Waals surface area contributed by atoms with E-state index >= 15 is 0 Å². The topological polar surface area (TPSA) is 126 Å². The van der Waals surface area contributed by atoms with E-state index in [2.05, 4.69) is 30.6 Å². The number of morpholine rings is 1. The number of piperazine rings is 1. The van der Waals surface area contributed by atoms with E-state index < -0.39 is 29.1 Å². The van der Waals surface area contributed by atoms with E-state index in [1.165, 1.54) is 0 Å². The molecule has 2 saturated heterocycles. The maximum Gasteiger partial charge on any atom is 0.417 e. The first-order chi connectivity index (χ1) is 20.4. The van der Waals surface area contributed by atoms with Crippen LogP contribution in [0.25, 0.3) is 16.9 Å². The first-order valence-electron chi connectivity index (χ1n) is 14.1. The molecule has 0 bridgehead atoms. The number of anilines is 2. The van der Waals surface area contributed by atoms with E-state index in [9.17, 15) is 22.5 Å². The Morgan fingerprint density at radius 3 is 2.47 bits per heavy atom. The molecule has 0 spiro atoms. The predicted octanol–water partition coefficient (Wildman–Crippen LogP) is 2.90. The zero-order valence-corrected chi connectivity index (χ0v) is 25.4. The lowest BCUT2D eigenvalue weighted by molar-refractivity contribution is -0.137. The summed E-state index contributed by atoms with van der Waals surface area (Å²) in [5.74, 6) is 0.145. The fourth-order valence-corrected chi connectivity index (χ4v) is 5.91. The summed E-state index contributed by atoms with van der Waals surface area (Å²) >= 11 is -1.01. The number of urea groups is 1. The van der Waals surface area contributed by atoms with Gasteiger partial charge in [0.15, 0.2) is 11.6 Å². The van der Waals surface area contributed by atoms with Gasteiger partial charge in [-0.3, -0.25) is 10.2 Å². The number of carbonyl (C=O) groups is 1. The van der Waals surface area contributed by atoms with E-state index in [-0.39, 0.29) is 23.2 Å². The number of amides is 2. The molecule has 2 amide bonds. The Morgan fingerprint density at radius 2 is 1.84 bits per heavy atom. The maximum absolute atomic E-state index is 14.4. The van der Waals surface area contributed by atoms with Gasteiger partial charge in [0.1, 0.15) is 17.6 Å². The number of alkyl halides is 3. The quantitative estimate of drug-likeness (QED) is 0.382. The van der Waals surface area contributed by atoms with Crippen molar-refractivity contribution in [3.8, 4) is 11.4 Å². The number of aromatic nitrogens is 4. The van der Waals surface area contributed by atoms with Crippen molar-refractivity contribution in [1.29, 1.82) is 0 Å². The number of aryl methyl sites for hydroxylation is 1. The molecular weight excluding hydrogens is 587 g/mol. The molecule has 0 aromatic carbocycles. The Balaban J connectivity index is 1.55. The van der Waals surface area contributed by atoms with Crippen LogP contribution in [0.2, 0.25) is 0 Å². The highest BCUT2D eigenvalue weighted by atomic mass is 32.2. The summed E-state index contributed by atoms with van der Waals surface area (Å²) in [7, 11) is 0. The second-order valence-corrected chi connectivity index (χ2v) is 12.3. The van der Waals surface area contributed by atoms with Crippen molar-refractivity contribution in [2.75, 3.05) is 69.0 Å². The van der Waals surface area contributed by atoms with Crippen LogP contribution in [-0.4, -0.2) is 104 Å². The summed E-state index contributed by atoms with van der Waals surface area (Å²) in [6.07, 6.45) is -2.03. The van der Waals surface area contributed by atoms with Gasteiger partial charge < -0.3 is 19.5 Å². The molecule has 234 valence electrons. The number of halogens is 3. The second kappa shape index (κ2) is 12.8. The number of carbonyl (C=O) groups excluding carboxylic acids is 1. The minimum Gasteiger partial charge on any atom is -0.598 e. The summed E-state index contributed by atoms with van der Waals surface area (Å²) in [6, 6.07) is 1.93. The average molecular weight is 624 g/mol.